The number of H-pyrrole nitrogens is 2. The Morgan fingerprint density at radius 1 is 0.925 bits per heavy atom. The molecule has 1 aromatic carbocycles. The lowest BCUT2D eigenvalue weighted by molar-refractivity contribution is 0.334. The molecule has 5 aromatic heterocycles. The lowest BCUT2D eigenvalue weighted by atomic mass is 10.0. The number of pyridine rings is 3. The number of hydrogen-bond acceptors (Lipinski definition) is 6. The minimum absolute atomic E-state index is 0.257. The average molecular weight is 533 g/mol. The Morgan fingerprint density at radius 3 is 2.70 bits per heavy atom. The molecule has 0 atom stereocenters. The number of aryl methyl sites for hydroxylation is 2. The molecule has 40 heavy (non-hydrogen) atoms. The van der Waals surface area contributed by atoms with Crippen LogP contribution in [0.5, 0.6) is 0 Å². The fourth-order valence-electron chi connectivity index (χ4n) is 5.65. The highest BCUT2D eigenvalue weighted by atomic mass is 19.1. The summed E-state index contributed by atoms with van der Waals surface area (Å²) in [5.74, 6) is 0.351. The van der Waals surface area contributed by atoms with Crippen LogP contribution in [0.15, 0.2) is 61.2 Å². The maximum atomic E-state index is 14.8. The molecule has 0 bridgehead atoms. The van der Waals surface area contributed by atoms with Crippen LogP contribution >= 0.6 is 0 Å². The number of aromatic nitrogens is 7. The summed E-state index contributed by atoms with van der Waals surface area (Å²) in [6.07, 6.45) is 11.5. The first-order valence-corrected chi connectivity index (χ1v) is 13.7. The van der Waals surface area contributed by atoms with Crippen LogP contribution in [0.3, 0.4) is 0 Å². The molecule has 200 valence electrons. The molecule has 7 rings (SSSR count). The van der Waals surface area contributed by atoms with Crippen LogP contribution in [0.1, 0.15) is 30.4 Å². The van der Waals surface area contributed by atoms with Crippen LogP contribution in [0, 0.1) is 12.7 Å². The molecule has 1 saturated heterocycles. The molecule has 6 aromatic rings. The maximum absolute atomic E-state index is 14.8. The molecule has 1 fully saturated rings. The van der Waals surface area contributed by atoms with Gasteiger partial charge in [-0.2, -0.15) is 5.10 Å². The molecule has 0 amide bonds. The van der Waals surface area contributed by atoms with Crippen molar-refractivity contribution in [1.82, 2.24) is 40.0 Å². The van der Waals surface area contributed by atoms with Crippen LogP contribution in [-0.2, 0) is 6.42 Å². The number of hydrogen-bond donors (Lipinski definition) is 2. The molecule has 1 aliphatic heterocycles. The van der Waals surface area contributed by atoms with Crippen LogP contribution in [0.25, 0.3) is 56.0 Å². The number of rotatable bonds is 7. The van der Waals surface area contributed by atoms with Crippen molar-refractivity contribution in [3.05, 3.63) is 78.1 Å². The van der Waals surface area contributed by atoms with Gasteiger partial charge in [-0.15, -0.1) is 0 Å². The zero-order chi connectivity index (χ0) is 27.1. The molecule has 0 saturated carbocycles. The van der Waals surface area contributed by atoms with E-state index in [9.17, 15) is 4.39 Å². The third-order valence-corrected chi connectivity index (χ3v) is 7.61. The van der Waals surface area contributed by atoms with Crippen molar-refractivity contribution in [1.29, 1.82) is 0 Å². The highest BCUT2D eigenvalue weighted by Crippen LogP contribution is 2.32. The number of halogens is 1. The van der Waals surface area contributed by atoms with Gasteiger partial charge in [-0.25, -0.2) is 9.37 Å². The van der Waals surface area contributed by atoms with Gasteiger partial charge in [0.2, 0.25) is 0 Å². The number of imidazole rings is 1. The standard InChI is InChI=1S/C31H29FN8/c1-19-11-22(17-33-16-19)26-15-24-27(18-35-26)38-39-29(24)31-36-25-6-7-34-28(30(25)37-31)21-12-20(13-23(32)14-21)5-4-10-40-8-2-3-9-40/h6-7,11-18H,2-5,8-10H2,1H3,(H,36,37)(H,38,39). The summed E-state index contributed by atoms with van der Waals surface area (Å²) >= 11 is 0. The topological polar surface area (TPSA) is 99.3 Å². The van der Waals surface area contributed by atoms with Gasteiger partial charge in [-0.1, -0.05) is 0 Å². The van der Waals surface area contributed by atoms with Gasteiger partial charge in [0.25, 0.3) is 0 Å². The second kappa shape index (κ2) is 10.2. The molecule has 9 heteroatoms. The maximum Gasteiger partial charge on any atom is 0.159 e. The zero-order valence-corrected chi connectivity index (χ0v) is 22.3. The Bertz CT molecular complexity index is 1830. The summed E-state index contributed by atoms with van der Waals surface area (Å²) in [5, 5.41) is 8.51. The SMILES string of the molecule is Cc1cncc(-c2cc3c(-c4nc5c(-c6cc(F)cc(CCCN7CCCC7)c6)nccc5[nH]4)n[nH]c3cn2)c1. The second-order valence-electron chi connectivity index (χ2n) is 10.6. The van der Waals surface area contributed by atoms with E-state index in [2.05, 4.69) is 41.1 Å². The first kappa shape index (κ1) is 24.5. The van der Waals surface area contributed by atoms with E-state index in [1.54, 1.807) is 24.7 Å². The monoisotopic (exact) mass is 532 g/mol. The van der Waals surface area contributed by atoms with Gasteiger partial charge in [0.1, 0.15) is 17.0 Å². The quantitative estimate of drug-likeness (QED) is 0.258. The highest BCUT2D eigenvalue weighted by molar-refractivity contribution is 5.96. The predicted molar refractivity (Wildman–Crippen MR) is 154 cm³/mol. The molecule has 1 aliphatic rings. The summed E-state index contributed by atoms with van der Waals surface area (Å²) < 4.78 is 14.8. The van der Waals surface area contributed by atoms with Gasteiger partial charge in [-0.3, -0.25) is 20.1 Å². The predicted octanol–water partition coefficient (Wildman–Crippen LogP) is 6.10. The number of likely N-dealkylation sites (tertiary alicyclic amines) is 1. The van der Waals surface area contributed by atoms with Gasteiger partial charge in [0.15, 0.2) is 5.82 Å². The minimum atomic E-state index is -0.257. The van der Waals surface area contributed by atoms with Crippen molar-refractivity contribution in [2.45, 2.75) is 32.6 Å². The van der Waals surface area contributed by atoms with E-state index in [4.69, 9.17) is 4.98 Å². The van der Waals surface area contributed by atoms with Crippen molar-refractivity contribution < 1.29 is 4.39 Å². The average Bonchev–Trinajstić information content (AvgIpc) is 3.72. The smallest absolute Gasteiger partial charge is 0.159 e. The molecular formula is C31H29FN8. The third-order valence-electron chi connectivity index (χ3n) is 7.61. The summed E-state index contributed by atoms with van der Waals surface area (Å²) in [6, 6.07) is 11.1. The van der Waals surface area contributed by atoms with Gasteiger partial charge < -0.3 is 9.88 Å². The van der Waals surface area contributed by atoms with Gasteiger partial charge >= 0.3 is 0 Å². The van der Waals surface area contributed by atoms with Crippen molar-refractivity contribution in [3.8, 4) is 34.0 Å². The zero-order valence-electron chi connectivity index (χ0n) is 22.3. The first-order chi connectivity index (χ1) is 19.6. The van der Waals surface area contributed by atoms with Crippen LogP contribution in [0.2, 0.25) is 0 Å². The first-order valence-electron chi connectivity index (χ1n) is 13.7. The molecule has 0 radical (unpaired) electrons. The summed E-state index contributed by atoms with van der Waals surface area (Å²) in [6.45, 7) is 5.41. The minimum Gasteiger partial charge on any atom is -0.336 e. The van der Waals surface area contributed by atoms with E-state index in [-0.39, 0.29) is 5.82 Å². The van der Waals surface area contributed by atoms with E-state index in [0.29, 0.717) is 22.7 Å². The largest absolute Gasteiger partial charge is 0.336 e. The highest BCUT2D eigenvalue weighted by Gasteiger charge is 2.18. The van der Waals surface area contributed by atoms with Crippen LogP contribution < -0.4 is 0 Å². The second-order valence-corrected chi connectivity index (χ2v) is 10.6. The van der Waals surface area contributed by atoms with Crippen molar-refractivity contribution in [2.24, 2.45) is 0 Å². The van der Waals surface area contributed by atoms with E-state index in [1.165, 1.54) is 32.0 Å². The Hall–Kier alpha value is -4.50. The van der Waals surface area contributed by atoms with E-state index in [1.807, 2.05) is 31.3 Å². The lowest BCUT2D eigenvalue weighted by Gasteiger charge is -2.14. The normalized spacial score (nSPS) is 14.1. The molecule has 0 spiro atoms. The van der Waals surface area contributed by atoms with E-state index < -0.39 is 0 Å². The van der Waals surface area contributed by atoms with Gasteiger partial charge in [-0.05, 0) is 99.8 Å². The molecule has 0 aliphatic carbocycles. The molecular weight excluding hydrogens is 503 g/mol. The number of aromatic amines is 2. The Morgan fingerprint density at radius 2 is 1.82 bits per heavy atom. The van der Waals surface area contributed by atoms with Crippen LogP contribution in [-0.4, -0.2) is 59.7 Å². The third kappa shape index (κ3) is 4.73. The Kier molecular flexibility index (Phi) is 6.28. The van der Waals surface area contributed by atoms with Crippen molar-refractivity contribution in [2.75, 3.05) is 19.6 Å². The summed E-state index contributed by atoms with van der Waals surface area (Å²) in [5.41, 5.74) is 8.15. The molecule has 0 unspecified atom stereocenters. The number of nitrogens with one attached hydrogen (secondary N) is 2. The number of benzene rings is 1. The van der Waals surface area contributed by atoms with Gasteiger partial charge in [0, 0.05) is 35.1 Å². The number of fused-ring (bicyclic) bond motifs is 2. The fraction of sp³-hybridized carbons (Fsp3) is 0.258. The Balaban J connectivity index is 1.23. The Labute approximate surface area is 230 Å². The fourth-order valence-corrected chi connectivity index (χ4v) is 5.65. The molecule has 8 nitrogen and oxygen atoms in total. The van der Waals surface area contributed by atoms with E-state index in [0.717, 1.165) is 63.8 Å². The van der Waals surface area contributed by atoms with Gasteiger partial charge in [0.05, 0.1) is 28.6 Å². The van der Waals surface area contributed by atoms with Crippen molar-refractivity contribution >= 4 is 21.9 Å². The van der Waals surface area contributed by atoms with E-state index >= 15 is 0 Å². The summed E-state index contributed by atoms with van der Waals surface area (Å²) in [4.78, 5) is 24.3. The van der Waals surface area contributed by atoms with Crippen molar-refractivity contribution in [3.63, 3.8) is 0 Å². The summed E-state index contributed by atoms with van der Waals surface area (Å²) in [7, 11) is 0. The number of nitrogens with zero attached hydrogens (tertiary/aromatic N) is 6. The van der Waals surface area contributed by atoms with Crippen LogP contribution in [0.4, 0.5) is 4.39 Å². The lowest BCUT2D eigenvalue weighted by Crippen LogP contribution is -2.20. The molecule has 2 N–H and O–H groups in total. The molecule has 6 heterocycles.